The summed E-state index contributed by atoms with van der Waals surface area (Å²) in [5, 5.41) is 3.56. The molecule has 110 valence electrons. The van der Waals surface area contributed by atoms with Crippen LogP contribution in [0.25, 0.3) is 0 Å². The van der Waals surface area contributed by atoms with Crippen molar-refractivity contribution in [2.75, 3.05) is 30.4 Å². The number of benzene rings is 1. The van der Waals surface area contributed by atoms with E-state index in [1.807, 2.05) is 0 Å². The van der Waals surface area contributed by atoms with E-state index < -0.39 is 0 Å². The first kappa shape index (κ1) is 13.7. The molecule has 2 aliphatic rings. The first-order valence-electron chi connectivity index (χ1n) is 7.94. The molecule has 3 nitrogen and oxygen atoms in total. The van der Waals surface area contributed by atoms with E-state index in [2.05, 4.69) is 42.4 Å². The molecule has 0 spiro atoms. The fraction of sp³-hybridized carbons (Fsp3) is 0.647. The van der Waals surface area contributed by atoms with Crippen LogP contribution in [0.3, 0.4) is 0 Å². The SMILES string of the molecule is CC1CCc2cc(N(C)CC3CCCCO3)ccc2N1. The number of nitrogens with one attached hydrogen (secondary N) is 1. The Balaban J connectivity index is 1.67. The average Bonchev–Trinajstić information content (AvgIpc) is 2.47. The number of rotatable bonds is 3. The second-order valence-electron chi connectivity index (χ2n) is 6.29. The number of hydrogen-bond acceptors (Lipinski definition) is 3. The van der Waals surface area contributed by atoms with Crippen molar-refractivity contribution in [3.63, 3.8) is 0 Å². The van der Waals surface area contributed by atoms with Gasteiger partial charge in [0.25, 0.3) is 0 Å². The highest BCUT2D eigenvalue weighted by Crippen LogP contribution is 2.29. The molecule has 1 N–H and O–H groups in total. The second kappa shape index (κ2) is 6.04. The van der Waals surface area contributed by atoms with Crippen LogP contribution in [0.4, 0.5) is 11.4 Å². The molecule has 2 heterocycles. The summed E-state index contributed by atoms with van der Waals surface area (Å²) in [6.45, 7) is 4.19. The lowest BCUT2D eigenvalue weighted by Crippen LogP contribution is -2.33. The molecule has 2 aliphatic heterocycles. The normalized spacial score (nSPS) is 25.7. The minimum absolute atomic E-state index is 0.405. The van der Waals surface area contributed by atoms with Gasteiger partial charge in [0.05, 0.1) is 6.10 Å². The molecular formula is C17H26N2O. The third kappa shape index (κ3) is 3.09. The van der Waals surface area contributed by atoms with Crippen molar-refractivity contribution in [2.24, 2.45) is 0 Å². The number of likely N-dealkylation sites (N-methyl/N-ethyl adjacent to an activating group) is 1. The summed E-state index contributed by atoms with van der Waals surface area (Å²) in [4.78, 5) is 2.34. The largest absolute Gasteiger partial charge is 0.382 e. The predicted molar refractivity (Wildman–Crippen MR) is 84.7 cm³/mol. The van der Waals surface area contributed by atoms with E-state index >= 15 is 0 Å². The Labute approximate surface area is 122 Å². The number of hydrogen-bond donors (Lipinski definition) is 1. The van der Waals surface area contributed by atoms with Gasteiger partial charge in [0, 0.05) is 37.6 Å². The van der Waals surface area contributed by atoms with E-state index in [0.717, 1.165) is 13.2 Å². The van der Waals surface area contributed by atoms with Crippen LogP contribution in [0, 0.1) is 0 Å². The smallest absolute Gasteiger partial charge is 0.0749 e. The lowest BCUT2D eigenvalue weighted by atomic mass is 9.98. The third-order valence-electron chi connectivity index (χ3n) is 4.53. The summed E-state index contributed by atoms with van der Waals surface area (Å²) >= 11 is 0. The van der Waals surface area contributed by atoms with Crippen LogP contribution in [0.2, 0.25) is 0 Å². The van der Waals surface area contributed by atoms with Crippen molar-refractivity contribution in [3.8, 4) is 0 Å². The first-order valence-corrected chi connectivity index (χ1v) is 7.94. The van der Waals surface area contributed by atoms with Crippen molar-refractivity contribution in [1.82, 2.24) is 0 Å². The van der Waals surface area contributed by atoms with E-state index in [0.29, 0.717) is 12.1 Å². The third-order valence-corrected chi connectivity index (χ3v) is 4.53. The van der Waals surface area contributed by atoms with Crippen molar-refractivity contribution >= 4 is 11.4 Å². The van der Waals surface area contributed by atoms with Crippen LogP contribution in [0.15, 0.2) is 18.2 Å². The molecule has 0 amide bonds. The quantitative estimate of drug-likeness (QED) is 0.914. The molecule has 1 fully saturated rings. The Bertz CT molecular complexity index is 454. The van der Waals surface area contributed by atoms with Crippen LogP contribution in [-0.4, -0.2) is 32.3 Å². The zero-order valence-electron chi connectivity index (χ0n) is 12.7. The molecule has 20 heavy (non-hydrogen) atoms. The van der Waals surface area contributed by atoms with Crippen LogP contribution >= 0.6 is 0 Å². The zero-order valence-corrected chi connectivity index (χ0v) is 12.7. The van der Waals surface area contributed by atoms with Gasteiger partial charge in [0.15, 0.2) is 0 Å². The highest BCUT2D eigenvalue weighted by atomic mass is 16.5. The number of fused-ring (bicyclic) bond motifs is 1. The van der Waals surface area contributed by atoms with Crippen molar-refractivity contribution in [1.29, 1.82) is 0 Å². The maximum atomic E-state index is 5.84. The fourth-order valence-electron chi connectivity index (χ4n) is 3.24. The van der Waals surface area contributed by atoms with Gasteiger partial charge >= 0.3 is 0 Å². The van der Waals surface area contributed by atoms with Gasteiger partial charge in [-0.2, -0.15) is 0 Å². The fourth-order valence-corrected chi connectivity index (χ4v) is 3.24. The van der Waals surface area contributed by atoms with Gasteiger partial charge in [0.2, 0.25) is 0 Å². The minimum atomic E-state index is 0.405. The molecule has 3 rings (SSSR count). The van der Waals surface area contributed by atoms with Gasteiger partial charge < -0.3 is 15.0 Å². The lowest BCUT2D eigenvalue weighted by molar-refractivity contribution is 0.0216. The average molecular weight is 274 g/mol. The number of ether oxygens (including phenoxy) is 1. The Hall–Kier alpha value is -1.22. The summed E-state index contributed by atoms with van der Waals surface area (Å²) in [7, 11) is 2.18. The van der Waals surface area contributed by atoms with Crippen LogP contribution in [-0.2, 0) is 11.2 Å². The van der Waals surface area contributed by atoms with Crippen LogP contribution < -0.4 is 10.2 Å². The highest BCUT2D eigenvalue weighted by molar-refractivity contribution is 5.62. The van der Waals surface area contributed by atoms with E-state index in [1.165, 1.54) is 49.0 Å². The van der Waals surface area contributed by atoms with Crippen molar-refractivity contribution < 1.29 is 4.74 Å². The molecule has 0 saturated carbocycles. The summed E-state index contributed by atoms with van der Waals surface area (Å²) in [5.74, 6) is 0. The van der Waals surface area contributed by atoms with Crippen LogP contribution in [0.5, 0.6) is 0 Å². The summed E-state index contributed by atoms with van der Waals surface area (Å²) in [6, 6.07) is 7.41. The van der Waals surface area contributed by atoms with Gasteiger partial charge in [-0.3, -0.25) is 0 Å². The predicted octanol–water partition coefficient (Wildman–Crippen LogP) is 3.44. The first-order chi connectivity index (χ1) is 9.72. The molecular weight excluding hydrogens is 248 g/mol. The molecule has 2 atom stereocenters. The topological polar surface area (TPSA) is 24.5 Å². The summed E-state index contributed by atoms with van der Waals surface area (Å²) < 4.78 is 5.84. The monoisotopic (exact) mass is 274 g/mol. The van der Waals surface area contributed by atoms with Gasteiger partial charge in [-0.15, -0.1) is 0 Å². The van der Waals surface area contributed by atoms with Gasteiger partial charge in [-0.1, -0.05) is 0 Å². The van der Waals surface area contributed by atoms with E-state index in [-0.39, 0.29) is 0 Å². The van der Waals surface area contributed by atoms with Crippen molar-refractivity contribution in [3.05, 3.63) is 23.8 Å². The molecule has 1 aromatic carbocycles. The molecule has 1 saturated heterocycles. The molecule has 3 heteroatoms. The Morgan fingerprint density at radius 1 is 1.30 bits per heavy atom. The molecule has 1 aromatic rings. The highest BCUT2D eigenvalue weighted by Gasteiger charge is 2.18. The van der Waals surface area contributed by atoms with Gasteiger partial charge in [0.1, 0.15) is 0 Å². The molecule has 0 bridgehead atoms. The Kier molecular flexibility index (Phi) is 4.16. The molecule has 2 unspecified atom stereocenters. The summed E-state index contributed by atoms with van der Waals surface area (Å²) in [5.41, 5.74) is 4.08. The zero-order chi connectivity index (χ0) is 13.9. The van der Waals surface area contributed by atoms with Crippen LogP contribution in [0.1, 0.15) is 38.2 Å². The molecule has 0 aromatic heterocycles. The number of nitrogens with zero attached hydrogens (tertiary/aromatic N) is 1. The van der Waals surface area contributed by atoms with E-state index in [9.17, 15) is 0 Å². The standard InChI is InChI=1S/C17H26N2O/c1-13-6-7-14-11-15(8-9-17(14)18-13)19(2)12-16-5-3-4-10-20-16/h8-9,11,13,16,18H,3-7,10,12H2,1-2H3. The summed E-state index contributed by atoms with van der Waals surface area (Å²) in [6.07, 6.45) is 6.56. The second-order valence-corrected chi connectivity index (χ2v) is 6.29. The maximum Gasteiger partial charge on any atom is 0.0749 e. The van der Waals surface area contributed by atoms with Gasteiger partial charge in [-0.25, -0.2) is 0 Å². The van der Waals surface area contributed by atoms with Crippen molar-refractivity contribution in [2.45, 2.75) is 51.2 Å². The minimum Gasteiger partial charge on any atom is -0.382 e. The lowest BCUT2D eigenvalue weighted by Gasteiger charge is -2.30. The Morgan fingerprint density at radius 3 is 3.00 bits per heavy atom. The molecule has 0 radical (unpaired) electrons. The van der Waals surface area contributed by atoms with E-state index in [1.54, 1.807) is 0 Å². The maximum absolute atomic E-state index is 5.84. The molecule has 0 aliphatic carbocycles. The Morgan fingerprint density at radius 2 is 2.20 bits per heavy atom. The number of anilines is 2. The number of aryl methyl sites for hydroxylation is 1. The van der Waals surface area contributed by atoms with Gasteiger partial charge in [-0.05, 0) is 62.8 Å². The van der Waals surface area contributed by atoms with E-state index in [4.69, 9.17) is 4.74 Å².